The Hall–Kier alpha value is -3.99. The summed E-state index contributed by atoms with van der Waals surface area (Å²) in [7, 11) is 0. The van der Waals surface area contributed by atoms with Gasteiger partial charge in [0.2, 0.25) is 11.8 Å². The highest BCUT2D eigenvalue weighted by atomic mass is 16.6. The highest BCUT2D eigenvalue weighted by Crippen LogP contribution is 2.26. The summed E-state index contributed by atoms with van der Waals surface area (Å²) in [5.74, 6) is 1.91. The summed E-state index contributed by atoms with van der Waals surface area (Å²) in [5.41, 5.74) is 1.21. The molecule has 0 radical (unpaired) electrons. The molecule has 0 saturated heterocycles. The molecule has 40 heavy (non-hydrogen) atoms. The number of amides is 3. The van der Waals surface area contributed by atoms with Crippen LogP contribution in [0.4, 0.5) is 4.79 Å². The number of benzene rings is 2. The van der Waals surface area contributed by atoms with E-state index in [1.165, 1.54) is 17.0 Å². The number of hydrogen-bond acceptors (Lipinski definition) is 5. The molecule has 0 bridgehead atoms. The fourth-order valence-corrected chi connectivity index (χ4v) is 4.26. The predicted molar refractivity (Wildman–Crippen MR) is 157 cm³/mol. The van der Waals surface area contributed by atoms with Gasteiger partial charge < -0.3 is 25.4 Å². The number of ether oxygens (including phenoxy) is 1. The topological polar surface area (TPSA) is 108 Å². The first-order valence-corrected chi connectivity index (χ1v) is 13.8. The first-order chi connectivity index (χ1) is 18.9. The second-order valence-corrected chi connectivity index (χ2v) is 11.1. The van der Waals surface area contributed by atoms with Crippen molar-refractivity contribution in [2.24, 2.45) is 0 Å². The lowest BCUT2D eigenvalue weighted by Crippen LogP contribution is -2.55. The van der Waals surface area contributed by atoms with Crippen molar-refractivity contribution in [2.45, 2.75) is 91.0 Å². The fourth-order valence-electron chi connectivity index (χ4n) is 4.26. The number of nitrogens with zero attached hydrogens (tertiary/aromatic N) is 1. The quantitative estimate of drug-likeness (QED) is 0.252. The van der Waals surface area contributed by atoms with E-state index in [1.54, 1.807) is 57.2 Å². The molecule has 0 spiro atoms. The minimum absolute atomic E-state index is 0.0887. The number of terminal acetylenes is 1. The molecule has 3 amide bonds. The van der Waals surface area contributed by atoms with Crippen molar-refractivity contribution in [1.29, 1.82) is 0 Å². The van der Waals surface area contributed by atoms with Crippen LogP contribution >= 0.6 is 0 Å². The third kappa shape index (κ3) is 9.96. The molecule has 8 nitrogen and oxygen atoms in total. The van der Waals surface area contributed by atoms with Gasteiger partial charge in [-0.05, 0) is 76.4 Å². The van der Waals surface area contributed by atoms with Crippen molar-refractivity contribution < 1.29 is 24.2 Å². The van der Waals surface area contributed by atoms with Gasteiger partial charge in [-0.1, -0.05) is 50.0 Å². The molecular formula is C32H43N3O5. The molecule has 0 aromatic heterocycles. The summed E-state index contributed by atoms with van der Waals surface area (Å²) >= 11 is 0. The van der Waals surface area contributed by atoms with E-state index in [4.69, 9.17) is 11.2 Å². The Bertz CT molecular complexity index is 1160. The molecule has 0 saturated carbocycles. The first kappa shape index (κ1) is 32.2. The molecule has 0 fully saturated rings. The van der Waals surface area contributed by atoms with Crippen LogP contribution in [0.25, 0.3) is 0 Å². The van der Waals surface area contributed by atoms with Crippen molar-refractivity contribution >= 4 is 17.9 Å². The lowest BCUT2D eigenvalue weighted by Gasteiger charge is -2.37. The Morgan fingerprint density at radius 1 is 1.02 bits per heavy atom. The number of carbonyl (C=O) groups is 3. The van der Waals surface area contributed by atoms with Crippen LogP contribution in [-0.4, -0.2) is 52.1 Å². The maximum atomic E-state index is 14.3. The van der Waals surface area contributed by atoms with Gasteiger partial charge in [-0.2, -0.15) is 0 Å². The van der Waals surface area contributed by atoms with Gasteiger partial charge in [-0.15, -0.1) is 6.42 Å². The Balaban J connectivity index is 2.51. The van der Waals surface area contributed by atoms with Crippen molar-refractivity contribution in [3.63, 3.8) is 0 Å². The van der Waals surface area contributed by atoms with Crippen LogP contribution in [-0.2, 0) is 20.7 Å². The summed E-state index contributed by atoms with van der Waals surface area (Å²) in [4.78, 5) is 42.2. The van der Waals surface area contributed by atoms with E-state index < -0.39 is 35.7 Å². The maximum absolute atomic E-state index is 14.3. The highest BCUT2D eigenvalue weighted by Gasteiger charge is 2.37. The third-order valence-corrected chi connectivity index (χ3v) is 6.18. The molecule has 2 aromatic carbocycles. The minimum atomic E-state index is -1.04. The van der Waals surface area contributed by atoms with E-state index in [1.807, 2.05) is 13.8 Å². The second-order valence-electron chi connectivity index (χ2n) is 11.1. The monoisotopic (exact) mass is 549 g/mol. The summed E-state index contributed by atoms with van der Waals surface area (Å²) in [5, 5.41) is 15.4. The van der Waals surface area contributed by atoms with E-state index >= 15 is 0 Å². The normalized spacial score (nSPS) is 12.7. The molecule has 0 aliphatic rings. The number of nitrogens with one attached hydrogen (secondary N) is 2. The van der Waals surface area contributed by atoms with E-state index in [2.05, 4.69) is 23.5 Å². The molecule has 0 aliphatic heterocycles. The average molecular weight is 550 g/mol. The van der Waals surface area contributed by atoms with Crippen LogP contribution in [0.3, 0.4) is 0 Å². The standard InChI is InChI=1S/C32H43N3O5/c1-8-10-11-20-33-29(37)28(25-16-12-23(9-2)13-17-25)35(22(3)4)30(38)27(34-31(39)40-32(5,6)7)21-24-14-18-26(36)19-15-24/h2,12-19,22,27-28,36H,8,10-11,20-21H2,1,3-7H3,(H,33,37)(H,34,39). The van der Waals surface area contributed by atoms with Gasteiger partial charge in [-0.25, -0.2) is 4.79 Å². The van der Waals surface area contributed by atoms with Crippen molar-refractivity contribution in [3.8, 4) is 18.1 Å². The number of unbranched alkanes of at least 4 members (excludes halogenated alkanes) is 2. The number of alkyl carbamates (subject to hydrolysis) is 1. The Kier molecular flexibility index (Phi) is 12.1. The minimum Gasteiger partial charge on any atom is -0.508 e. The Labute approximate surface area is 238 Å². The average Bonchev–Trinajstić information content (AvgIpc) is 2.89. The number of aromatic hydroxyl groups is 1. The molecule has 3 N–H and O–H groups in total. The van der Waals surface area contributed by atoms with Crippen molar-refractivity contribution in [3.05, 3.63) is 65.2 Å². The lowest BCUT2D eigenvalue weighted by molar-refractivity contribution is -0.144. The Morgan fingerprint density at radius 2 is 1.65 bits per heavy atom. The lowest BCUT2D eigenvalue weighted by atomic mass is 9.98. The summed E-state index contributed by atoms with van der Waals surface area (Å²) in [6, 6.07) is 11.0. The summed E-state index contributed by atoms with van der Waals surface area (Å²) < 4.78 is 5.45. The number of carbonyl (C=O) groups excluding carboxylic acids is 3. The number of rotatable bonds is 12. The summed E-state index contributed by atoms with van der Waals surface area (Å²) in [6.07, 6.45) is 7.73. The van der Waals surface area contributed by atoms with E-state index in [0.717, 1.165) is 24.8 Å². The Morgan fingerprint density at radius 3 is 2.17 bits per heavy atom. The van der Waals surface area contributed by atoms with Crippen LogP contribution in [0.5, 0.6) is 5.75 Å². The van der Waals surface area contributed by atoms with Gasteiger partial charge in [0.25, 0.3) is 0 Å². The molecule has 8 heteroatoms. The largest absolute Gasteiger partial charge is 0.508 e. The first-order valence-electron chi connectivity index (χ1n) is 13.8. The molecule has 0 heterocycles. The van der Waals surface area contributed by atoms with Crippen LogP contribution in [0, 0.1) is 12.3 Å². The zero-order valence-corrected chi connectivity index (χ0v) is 24.5. The second kappa shape index (κ2) is 15.0. The zero-order chi connectivity index (χ0) is 29.9. The van der Waals surface area contributed by atoms with Crippen LogP contribution in [0.15, 0.2) is 48.5 Å². The SMILES string of the molecule is C#Cc1ccc(C(C(=O)NCCCCC)N(C(=O)C(Cc2ccc(O)cc2)NC(=O)OC(C)(C)C)C(C)C)cc1. The van der Waals surface area contributed by atoms with Crippen molar-refractivity contribution in [2.75, 3.05) is 6.54 Å². The van der Waals surface area contributed by atoms with Gasteiger partial charge in [0.05, 0.1) is 0 Å². The molecule has 0 aliphatic carbocycles. The molecular weight excluding hydrogens is 506 g/mol. The van der Waals surface area contributed by atoms with Crippen LogP contribution in [0.1, 0.15) is 83.5 Å². The zero-order valence-electron chi connectivity index (χ0n) is 24.5. The fraction of sp³-hybridized carbons (Fsp3) is 0.469. The number of hydrogen-bond donors (Lipinski definition) is 3. The van der Waals surface area contributed by atoms with Crippen LogP contribution in [0.2, 0.25) is 0 Å². The molecule has 2 atom stereocenters. The third-order valence-electron chi connectivity index (χ3n) is 6.18. The smallest absolute Gasteiger partial charge is 0.408 e. The van der Waals surface area contributed by atoms with E-state index in [0.29, 0.717) is 17.7 Å². The van der Waals surface area contributed by atoms with Gasteiger partial charge in [0.1, 0.15) is 23.4 Å². The van der Waals surface area contributed by atoms with Gasteiger partial charge in [0.15, 0.2) is 0 Å². The van der Waals surface area contributed by atoms with Crippen LogP contribution < -0.4 is 10.6 Å². The van der Waals surface area contributed by atoms with Gasteiger partial charge >= 0.3 is 6.09 Å². The van der Waals surface area contributed by atoms with Gasteiger partial charge in [0, 0.05) is 24.6 Å². The van der Waals surface area contributed by atoms with E-state index in [-0.39, 0.29) is 18.1 Å². The van der Waals surface area contributed by atoms with E-state index in [9.17, 15) is 19.5 Å². The highest BCUT2D eigenvalue weighted by molar-refractivity contribution is 5.92. The summed E-state index contributed by atoms with van der Waals surface area (Å²) in [6.45, 7) is 11.4. The number of phenols is 1. The maximum Gasteiger partial charge on any atom is 0.408 e. The molecule has 2 aromatic rings. The van der Waals surface area contributed by atoms with Crippen molar-refractivity contribution in [1.82, 2.24) is 15.5 Å². The number of phenolic OH excluding ortho intramolecular Hbond substituents is 1. The van der Waals surface area contributed by atoms with Gasteiger partial charge in [-0.3, -0.25) is 9.59 Å². The molecule has 2 rings (SSSR count). The predicted octanol–water partition coefficient (Wildman–Crippen LogP) is 5.09. The molecule has 216 valence electrons. The molecule has 2 unspecified atom stereocenters.